The molecule has 0 spiro atoms. The summed E-state index contributed by atoms with van der Waals surface area (Å²) in [4.78, 5) is 0. The monoisotopic (exact) mass is 454 g/mol. The second-order valence-electron chi connectivity index (χ2n) is 10.4. The predicted octanol–water partition coefficient (Wildman–Crippen LogP) is 9.16. The molecule has 33 heavy (non-hydrogen) atoms. The van der Waals surface area contributed by atoms with Crippen molar-refractivity contribution >= 4 is 0 Å². The van der Waals surface area contributed by atoms with Gasteiger partial charge in [-0.1, -0.05) is 56.9 Å². The van der Waals surface area contributed by atoms with E-state index in [1.165, 1.54) is 44.6 Å². The first-order chi connectivity index (χ1) is 16.1. The summed E-state index contributed by atoms with van der Waals surface area (Å²) in [6.45, 7) is 2.26. The SMILES string of the molecule is CCCCCC1CCC(c2ccc(-c3ccc(C4CCC(OC)CC4)c(F)c3)c(F)c2)CC1. The molecule has 0 saturated heterocycles. The molecule has 2 aliphatic carbocycles. The molecule has 0 heterocycles. The van der Waals surface area contributed by atoms with Crippen molar-refractivity contribution in [2.75, 3.05) is 7.11 Å². The zero-order valence-corrected chi connectivity index (χ0v) is 20.4. The van der Waals surface area contributed by atoms with E-state index in [1.807, 2.05) is 18.2 Å². The zero-order valence-electron chi connectivity index (χ0n) is 20.4. The van der Waals surface area contributed by atoms with Crippen molar-refractivity contribution in [3.05, 3.63) is 59.2 Å². The standard InChI is InChI=1S/C30H40F2O/c1-3-4-5-6-21-7-9-22(10-8-21)24-13-17-28(29(31)19-24)25-14-18-27(30(32)20-25)23-11-15-26(33-2)16-12-23/h13-14,17-23,26H,3-12,15-16H2,1-2H3. The summed E-state index contributed by atoms with van der Waals surface area (Å²) >= 11 is 0. The first-order valence-electron chi connectivity index (χ1n) is 13.2. The molecule has 2 saturated carbocycles. The van der Waals surface area contributed by atoms with Crippen LogP contribution in [0.5, 0.6) is 0 Å². The van der Waals surface area contributed by atoms with E-state index in [0.717, 1.165) is 55.6 Å². The largest absolute Gasteiger partial charge is 0.381 e. The molecule has 0 unspecified atom stereocenters. The van der Waals surface area contributed by atoms with Gasteiger partial charge in [0.25, 0.3) is 0 Å². The topological polar surface area (TPSA) is 9.23 Å². The number of rotatable bonds is 8. The van der Waals surface area contributed by atoms with Gasteiger partial charge in [0.15, 0.2) is 0 Å². The molecule has 4 rings (SSSR count). The van der Waals surface area contributed by atoms with Crippen LogP contribution in [0.1, 0.15) is 107 Å². The lowest BCUT2D eigenvalue weighted by atomic mass is 9.77. The third-order valence-electron chi connectivity index (χ3n) is 8.29. The summed E-state index contributed by atoms with van der Waals surface area (Å²) in [5, 5.41) is 0. The Morgan fingerprint density at radius 1 is 0.788 bits per heavy atom. The summed E-state index contributed by atoms with van der Waals surface area (Å²) in [7, 11) is 1.75. The van der Waals surface area contributed by atoms with Crippen molar-refractivity contribution in [1.29, 1.82) is 0 Å². The van der Waals surface area contributed by atoms with Crippen LogP contribution in [-0.4, -0.2) is 13.2 Å². The average molecular weight is 455 g/mol. The Bertz CT molecular complexity index is 892. The van der Waals surface area contributed by atoms with Crippen LogP contribution >= 0.6 is 0 Å². The first kappa shape index (κ1) is 24.4. The third kappa shape index (κ3) is 6.04. The first-order valence-corrected chi connectivity index (χ1v) is 13.2. The zero-order chi connectivity index (χ0) is 23.2. The fourth-order valence-corrected chi connectivity index (χ4v) is 6.12. The molecule has 0 amide bonds. The van der Waals surface area contributed by atoms with Gasteiger partial charge in [0.1, 0.15) is 11.6 Å². The normalized spacial score (nSPS) is 25.8. The second-order valence-corrected chi connectivity index (χ2v) is 10.4. The molecule has 2 aromatic carbocycles. The molecule has 3 heteroatoms. The molecule has 2 fully saturated rings. The highest BCUT2D eigenvalue weighted by Crippen LogP contribution is 2.40. The minimum absolute atomic E-state index is 0.210. The molecular weight excluding hydrogens is 414 g/mol. The van der Waals surface area contributed by atoms with E-state index in [2.05, 4.69) is 13.0 Å². The van der Waals surface area contributed by atoms with Crippen LogP contribution in [-0.2, 0) is 4.74 Å². The summed E-state index contributed by atoms with van der Waals surface area (Å²) in [6.07, 6.45) is 14.3. The van der Waals surface area contributed by atoms with E-state index < -0.39 is 0 Å². The molecule has 2 aromatic rings. The highest BCUT2D eigenvalue weighted by Gasteiger charge is 2.25. The van der Waals surface area contributed by atoms with Crippen LogP contribution in [0.4, 0.5) is 8.78 Å². The number of hydrogen-bond acceptors (Lipinski definition) is 1. The van der Waals surface area contributed by atoms with E-state index in [-0.39, 0.29) is 17.6 Å². The lowest BCUT2D eigenvalue weighted by Gasteiger charge is -2.29. The van der Waals surface area contributed by atoms with Crippen molar-refractivity contribution in [2.24, 2.45) is 5.92 Å². The molecule has 0 radical (unpaired) electrons. The maximum absolute atomic E-state index is 15.1. The molecule has 180 valence electrons. The fraction of sp³-hybridized carbons (Fsp3) is 0.600. The van der Waals surface area contributed by atoms with Crippen LogP contribution in [0.25, 0.3) is 11.1 Å². The minimum atomic E-state index is -0.231. The highest BCUT2D eigenvalue weighted by molar-refractivity contribution is 5.65. The molecule has 0 N–H and O–H groups in total. The van der Waals surface area contributed by atoms with Crippen molar-refractivity contribution in [1.82, 2.24) is 0 Å². The van der Waals surface area contributed by atoms with Gasteiger partial charge in [0.05, 0.1) is 6.10 Å². The van der Waals surface area contributed by atoms with Gasteiger partial charge >= 0.3 is 0 Å². The van der Waals surface area contributed by atoms with E-state index >= 15 is 4.39 Å². The van der Waals surface area contributed by atoms with E-state index in [4.69, 9.17) is 4.74 Å². The van der Waals surface area contributed by atoms with Crippen molar-refractivity contribution in [3.8, 4) is 11.1 Å². The number of ether oxygens (including phenoxy) is 1. The van der Waals surface area contributed by atoms with Crippen molar-refractivity contribution in [3.63, 3.8) is 0 Å². The van der Waals surface area contributed by atoms with Gasteiger partial charge < -0.3 is 4.74 Å². The summed E-state index contributed by atoms with van der Waals surface area (Å²) in [5.74, 6) is 1.10. The Kier molecular flexibility index (Phi) is 8.57. The maximum atomic E-state index is 15.1. The number of halogens is 2. The predicted molar refractivity (Wildman–Crippen MR) is 133 cm³/mol. The average Bonchev–Trinajstić information content (AvgIpc) is 2.85. The number of methoxy groups -OCH3 is 1. The molecule has 0 bridgehead atoms. The number of benzene rings is 2. The van der Waals surface area contributed by atoms with E-state index in [9.17, 15) is 4.39 Å². The van der Waals surface area contributed by atoms with Gasteiger partial charge in [0, 0.05) is 12.7 Å². The van der Waals surface area contributed by atoms with Crippen LogP contribution in [0, 0.1) is 17.6 Å². The Morgan fingerprint density at radius 2 is 1.52 bits per heavy atom. The summed E-state index contributed by atoms with van der Waals surface area (Å²) < 4.78 is 35.5. The Balaban J connectivity index is 1.40. The van der Waals surface area contributed by atoms with E-state index in [0.29, 0.717) is 23.1 Å². The summed E-state index contributed by atoms with van der Waals surface area (Å²) in [6, 6.07) is 10.9. The molecule has 0 aliphatic heterocycles. The smallest absolute Gasteiger partial charge is 0.131 e. The molecule has 0 atom stereocenters. The number of hydrogen-bond donors (Lipinski definition) is 0. The van der Waals surface area contributed by atoms with Gasteiger partial charge in [-0.3, -0.25) is 0 Å². The van der Waals surface area contributed by atoms with Gasteiger partial charge in [-0.05, 0) is 97.9 Å². The van der Waals surface area contributed by atoms with Crippen molar-refractivity contribution in [2.45, 2.75) is 102 Å². The van der Waals surface area contributed by atoms with Crippen LogP contribution in [0.2, 0.25) is 0 Å². The fourth-order valence-electron chi connectivity index (χ4n) is 6.12. The highest BCUT2D eigenvalue weighted by atomic mass is 19.1. The lowest BCUT2D eigenvalue weighted by molar-refractivity contribution is 0.0655. The van der Waals surface area contributed by atoms with Crippen LogP contribution in [0.15, 0.2) is 36.4 Å². The Labute approximate surface area is 198 Å². The number of unbranched alkanes of at least 4 members (excludes halogenated alkanes) is 2. The maximum Gasteiger partial charge on any atom is 0.131 e. The quantitative estimate of drug-likeness (QED) is 0.361. The molecule has 1 nitrogen and oxygen atoms in total. The lowest BCUT2D eigenvalue weighted by Crippen LogP contribution is -2.19. The van der Waals surface area contributed by atoms with Gasteiger partial charge in [-0.25, -0.2) is 8.78 Å². The molecular formula is C30H40F2O. The molecule has 2 aliphatic rings. The second kappa shape index (κ2) is 11.6. The molecule has 0 aromatic heterocycles. The Hall–Kier alpha value is -1.74. The van der Waals surface area contributed by atoms with Gasteiger partial charge in [0.2, 0.25) is 0 Å². The van der Waals surface area contributed by atoms with Crippen LogP contribution in [0.3, 0.4) is 0 Å². The van der Waals surface area contributed by atoms with Gasteiger partial charge in [-0.2, -0.15) is 0 Å². The van der Waals surface area contributed by atoms with Crippen molar-refractivity contribution < 1.29 is 13.5 Å². The third-order valence-corrected chi connectivity index (χ3v) is 8.29. The van der Waals surface area contributed by atoms with Crippen LogP contribution < -0.4 is 0 Å². The Morgan fingerprint density at radius 3 is 2.15 bits per heavy atom. The summed E-state index contributed by atoms with van der Waals surface area (Å²) in [5.41, 5.74) is 3.00. The van der Waals surface area contributed by atoms with E-state index in [1.54, 1.807) is 13.2 Å². The van der Waals surface area contributed by atoms with Gasteiger partial charge in [-0.15, -0.1) is 0 Å². The minimum Gasteiger partial charge on any atom is -0.381 e.